The van der Waals surface area contributed by atoms with E-state index in [1.54, 1.807) is 0 Å². The smallest absolute Gasteiger partial charge is 0.294 e. The van der Waals surface area contributed by atoms with Crippen LogP contribution in [0.15, 0.2) is 0 Å². The number of rotatable bonds is 4. The molecule has 1 aliphatic rings. The molecule has 0 saturated carbocycles. The molecule has 0 amide bonds. The lowest BCUT2D eigenvalue weighted by Crippen LogP contribution is -2.44. The molecule has 6 nitrogen and oxygen atoms in total. The van der Waals surface area contributed by atoms with Crippen LogP contribution in [0.3, 0.4) is 0 Å². The highest BCUT2D eigenvalue weighted by molar-refractivity contribution is 4.77. The highest BCUT2D eigenvalue weighted by Gasteiger charge is 2.20. The molecule has 1 heterocycles. The summed E-state index contributed by atoms with van der Waals surface area (Å²) in [5.41, 5.74) is 5.47. The summed E-state index contributed by atoms with van der Waals surface area (Å²) in [4.78, 5) is 14.2. The highest BCUT2D eigenvalue weighted by Crippen LogP contribution is 2.13. The minimum Gasteiger partial charge on any atom is -0.329 e. The Bertz CT molecular complexity index is 168. The van der Waals surface area contributed by atoms with Crippen molar-refractivity contribution in [1.29, 1.82) is 0 Å². The zero-order chi connectivity index (χ0) is 9.68. The monoisotopic (exact) mass is 189 g/mol. The molecule has 0 radical (unpaired) electrons. The maximum Gasteiger partial charge on any atom is 0.294 e. The Morgan fingerprint density at radius 2 is 2.38 bits per heavy atom. The van der Waals surface area contributed by atoms with Gasteiger partial charge in [-0.15, -0.1) is 10.1 Å². The second-order valence-corrected chi connectivity index (χ2v) is 3.30. The van der Waals surface area contributed by atoms with Gasteiger partial charge in [0.05, 0.1) is 0 Å². The van der Waals surface area contributed by atoms with Crippen LogP contribution in [0.1, 0.15) is 12.8 Å². The molecule has 6 heteroatoms. The number of nitrogens with zero attached hydrogens (tertiary/aromatic N) is 1. The molecule has 76 valence electrons. The van der Waals surface area contributed by atoms with Gasteiger partial charge in [-0.1, -0.05) is 0 Å². The van der Waals surface area contributed by atoms with Crippen LogP contribution in [-0.2, 0) is 4.84 Å². The van der Waals surface area contributed by atoms with E-state index in [0.717, 1.165) is 19.4 Å². The second-order valence-electron chi connectivity index (χ2n) is 3.30. The van der Waals surface area contributed by atoms with Crippen molar-refractivity contribution in [2.45, 2.75) is 18.9 Å². The standard InChI is InChI=1S/C7H15N3O3/c8-3-7-2-1-6(4-9-7)5-13-10(11)12/h6-7,9H,1-5,8H2. The van der Waals surface area contributed by atoms with Crippen molar-refractivity contribution in [2.24, 2.45) is 11.7 Å². The Labute approximate surface area is 76.5 Å². The van der Waals surface area contributed by atoms with E-state index in [2.05, 4.69) is 10.2 Å². The van der Waals surface area contributed by atoms with E-state index in [0.29, 0.717) is 12.6 Å². The van der Waals surface area contributed by atoms with Crippen LogP contribution in [0.4, 0.5) is 0 Å². The molecule has 2 atom stereocenters. The fraction of sp³-hybridized carbons (Fsp3) is 1.00. The molecule has 0 bridgehead atoms. The normalized spacial score (nSPS) is 28.4. The third kappa shape index (κ3) is 3.56. The first-order valence-electron chi connectivity index (χ1n) is 4.43. The van der Waals surface area contributed by atoms with Crippen LogP contribution >= 0.6 is 0 Å². The van der Waals surface area contributed by atoms with Gasteiger partial charge in [0.25, 0.3) is 5.09 Å². The zero-order valence-electron chi connectivity index (χ0n) is 7.44. The molecule has 1 saturated heterocycles. The van der Waals surface area contributed by atoms with Gasteiger partial charge in [0.15, 0.2) is 0 Å². The first-order valence-corrected chi connectivity index (χ1v) is 4.43. The molecule has 3 N–H and O–H groups in total. The largest absolute Gasteiger partial charge is 0.329 e. The molecule has 1 fully saturated rings. The van der Waals surface area contributed by atoms with Crippen LogP contribution in [0.2, 0.25) is 0 Å². The van der Waals surface area contributed by atoms with Gasteiger partial charge in [-0.25, -0.2) is 0 Å². The van der Waals surface area contributed by atoms with Gasteiger partial charge in [0.2, 0.25) is 0 Å². The average Bonchev–Trinajstić information content (AvgIpc) is 2.15. The van der Waals surface area contributed by atoms with Gasteiger partial charge in [-0.3, -0.25) is 0 Å². The average molecular weight is 189 g/mol. The SMILES string of the molecule is NCC1CCC(CO[N+](=O)[O-])CN1. The summed E-state index contributed by atoms with van der Waals surface area (Å²) < 4.78 is 0. The van der Waals surface area contributed by atoms with E-state index >= 15 is 0 Å². The Balaban J connectivity index is 2.14. The van der Waals surface area contributed by atoms with E-state index in [9.17, 15) is 10.1 Å². The highest BCUT2D eigenvalue weighted by atomic mass is 16.9. The van der Waals surface area contributed by atoms with Crippen molar-refractivity contribution in [3.8, 4) is 0 Å². The molecule has 0 aliphatic carbocycles. The molecule has 0 aromatic rings. The first-order chi connectivity index (χ1) is 6.22. The second kappa shape index (κ2) is 4.98. The summed E-state index contributed by atoms with van der Waals surface area (Å²) in [7, 11) is 0. The van der Waals surface area contributed by atoms with Crippen molar-refractivity contribution in [1.82, 2.24) is 5.32 Å². The Hall–Kier alpha value is -0.880. The summed E-state index contributed by atoms with van der Waals surface area (Å²) in [6, 6.07) is 0.367. The first kappa shape index (κ1) is 10.2. The van der Waals surface area contributed by atoms with Crippen molar-refractivity contribution in [3.05, 3.63) is 10.1 Å². The molecule has 1 aliphatic heterocycles. The van der Waals surface area contributed by atoms with E-state index in [4.69, 9.17) is 5.73 Å². The summed E-state index contributed by atoms with van der Waals surface area (Å²) in [5, 5.41) is 12.4. The lowest BCUT2D eigenvalue weighted by Gasteiger charge is -2.28. The van der Waals surface area contributed by atoms with E-state index in [1.807, 2.05) is 0 Å². The molecular formula is C7H15N3O3. The van der Waals surface area contributed by atoms with Crippen LogP contribution in [0, 0.1) is 16.0 Å². The summed E-state index contributed by atoms with van der Waals surface area (Å²) in [6.45, 7) is 1.58. The molecule has 2 unspecified atom stereocenters. The summed E-state index contributed by atoms with van der Waals surface area (Å²) in [5.74, 6) is 0.244. The Kier molecular flexibility index (Phi) is 3.91. The lowest BCUT2D eigenvalue weighted by molar-refractivity contribution is -0.759. The number of piperidine rings is 1. The molecule has 0 aromatic heterocycles. The number of nitrogens with one attached hydrogen (secondary N) is 1. The third-order valence-corrected chi connectivity index (χ3v) is 2.32. The van der Waals surface area contributed by atoms with Crippen LogP contribution in [-0.4, -0.2) is 30.8 Å². The zero-order valence-corrected chi connectivity index (χ0v) is 7.44. The van der Waals surface area contributed by atoms with Crippen LogP contribution in [0.25, 0.3) is 0 Å². The predicted molar refractivity (Wildman–Crippen MR) is 46.5 cm³/mol. The maximum absolute atomic E-state index is 9.91. The topological polar surface area (TPSA) is 90.4 Å². The fourth-order valence-corrected chi connectivity index (χ4v) is 1.48. The minimum atomic E-state index is -0.741. The van der Waals surface area contributed by atoms with Crippen molar-refractivity contribution >= 4 is 0 Å². The maximum atomic E-state index is 9.91. The third-order valence-electron chi connectivity index (χ3n) is 2.32. The van der Waals surface area contributed by atoms with Gasteiger partial charge >= 0.3 is 0 Å². The van der Waals surface area contributed by atoms with Gasteiger partial charge in [0.1, 0.15) is 6.61 Å². The van der Waals surface area contributed by atoms with Gasteiger partial charge in [-0.2, -0.15) is 0 Å². The van der Waals surface area contributed by atoms with Gasteiger partial charge in [0, 0.05) is 19.1 Å². The van der Waals surface area contributed by atoms with Gasteiger partial charge in [-0.05, 0) is 18.8 Å². The van der Waals surface area contributed by atoms with E-state index < -0.39 is 5.09 Å². The lowest BCUT2D eigenvalue weighted by atomic mass is 9.95. The van der Waals surface area contributed by atoms with Crippen molar-refractivity contribution < 1.29 is 9.92 Å². The molecule has 13 heavy (non-hydrogen) atoms. The molecular weight excluding hydrogens is 174 g/mol. The predicted octanol–water partition coefficient (Wildman–Crippen LogP) is -0.478. The molecule has 0 aromatic carbocycles. The minimum absolute atomic E-state index is 0.192. The fourth-order valence-electron chi connectivity index (χ4n) is 1.48. The Morgan fingerprint density at radius 3 is 2.85 bits per heavy atom. The molecule has 0 spiro atoms. The number of hydrogen-bond donors (Lipinski definition) is 2. The van der Waals surface area contributed by atoms with Crippen molar-refractivity contribution in [3.63, 3.8) is 0 Å². The number of nitrogens with two attached hydrogens (primary N) is 1. The summed E-state index contributed by atoms with van der Waals surface area (Å²) in [6.07, 6.45) is 1.92. The number of hydrogen-bond acceptors (Lipinski definition) is 5. The quantitative estimate of drug-likeness (QED) is 0.460. The van der Waals surface area contributed by atoms with Gasteiger partial charge < -0.3 is 15.9 Å². The van der Waals surface area contributed by atoms with E-state index in [1.165, 1.54) is 0 Å². The van der Waals surface area contributed by atoms with E-state index in [-0.39, 0.29) is 12.5 Å². The molecule has 1 rings (SSSR count). The summed E-state index contributed by atoms with van der Waals surface area (Å²) >= 11 is 0. The Morgan fingerprint density at radius 1 is 1.62 bits per heavy atom. The van der Waals surface area contributed by atoms with Crippen molar-refractivity contribution in [2.75, 3.05) is 19.7 Å². The van der Waals surface area contributed by atoms with Crippen LogP contribution in [0.5, 0.6) is 0 Å². The van der Waals surface area contributed by atoms with Crippen LogP contribution < -0.4 is 11.1 Å².